The van der Waals surface area contributed by atoms with Gasteiger partial charge >= 0.3 is 5.69 Å². The zero-order chi connectivity index (χ0) is 12.3. The quantitative estimate of drug-likeness (QED) is 0.716. The number of aryl methyl sites for hydroxylation is 1. The number of nitrogens with zero attached hydrogens (tertiary/aromatic N) is 1. The number of hydrogen-bond acceptors (Lipinski definition) is 4. The van der Waals surface area contributed by atoms with Crippen molar-refractivity contribution >= 4 is 0 Å². The van der Waals surface area contributed by atoms with Gasteiger partial charge in [-0.1, -0.05) is 6.92 Å². The maximum atomic E-state index is 11.6. The third-order valence-electron chi connectivity index (χ3n) is 2.87. The van der Waals surface area contributed by atoms with Crippen molar-refractivity contribution < 1.29 is 4.74 Å². The van der Waals surface area contributed by atoms with E-state index in [-0.39, 0.29) is 17.4 Å². The number of aromatic nitrogens is 2. The average molecular weight is 239 g/mol. The van der Waals surface area contributed by atoms with E-state index < -0.39 is 0 Å². The van der Waals surface area contributed by atoms with E-state index in [2.05, 4.69) is 10.3 Å². The maximum Gasteiger partial charge on any atom is 0.328 e. The van der Waals surface area contributed by atoms with Crippen molar-refractivity contribution in [2.75, 3.05) is 19.7 Å². The first kappa shape index (κ1) is 12.1. The van der Waals surface area contributed by atoms with Gasteiger partial charge in [0.2, 0.25) is 0 Å². The van der Waals surface area contributed by atoms with Crippen LogP contribution in [-0.4, -0.2) is 35.4 Å². The molecule has 1 aromatic rings. The SMILES string of the molecule is CCc1cn(CC2CNCCO2)c(=O)[nH]c1=O. The maximum absolute atomic E-state index is 11.6. The Balaban J connectivity index is 2.19. The Kier molecular flexibility index (Phi) is 3.75. The van der Waals surface area contributed by atoms with Crippen molar-refractivity contribution in [1.82, 2.24) is 14.9 Å². The minimum Gasteiger partial charge on any atom is -0.374 e. The second-order valence-corrected chi connectivity index (χ2v) is 4.12. The molecule has 0 amide bonds. The Morgan fingerprint density at radius 1 is 1.53 bits per heavy atom. The van der Waals surface area contributed by atoms with Gasteiger partial charge in [0.1, 0.15) is 0 Å². The van der Waals surface area contributed by atoms with Crippen LogP contribution in [0.25, 0.3) is 0 Å². The third kappa shape index (κ3) is 2.83. The highest BCUT2D eigenvalue weighted by Gasteiger charge is 2.15. The van der Waals surface area contributed by atoms with Gasteiger partial charge in [-0.05, 0) is 6.42 Å². The molecule has 6 nitrogen and oxygen atoms in total. The number of nitrogens with one attached hydrogen (secondary N) is 2. The first-order chi connectivity index (χ1) is 8.20. The molecule has 1 aromatic heterocycles. The fourth-order valence-electron chi connectivity index (χ4n) is 1.90. The predicted molar refractivity (Wildman–Crippen MR) is 63.3 cm³/mol. The lowest BCUT2D eigenvalue weighted by atomic mass is 10.2. The topological polar surface area (TPSA) is 76.1 Å². The molecule has 0 bridgehead atoms. The molecular formula is C11H17N3O3. The van der Waals surface area contributed by atoms with Crippen LogP contribution in [0, 0.1) is 0 Å². The zero-order valence-corrected chi connectivity index (χ0v) is 9.86. The number of aromatic amines is 1. The minimum atomic E-state index is -0.374. The molecule has 0 aromatic carbocycles. The highest BCUT2D eigenvalue weighted by Crippen LogP contribution is 1.99. The Morgan fingerprint density at radius 3 is 3.00 bits per heavy atom. The second-order valence-electron chi connectivity index (χ2n) is 4.12. The number of ether oxygens (including phenoxy) is 1. The molecule has 1 aliphatic heterocycles. The lowest BCUT2D eigenvalue weighted by Gasteiger charge is -2.24. The molecule has 2 heterocycles. The molecule has 94 valence electrons. The second kappa shape index (κ2) is 5.29. The molecule has 0 spiro atoms. The van der Waals surface area contributed by atoms with Gasteiger partial charge in [0.05, 0.1) is 19.3 Å². The van der Waals surface area contributed by atoms with Crippen LogP contribution in [0.3, 0.4) is 0 Å². The normalized spacial score (nSPS) is 20.4. The van der Waals surface area contributed by atoms with Crippen LogP contribution in [0.4, 0.5) is 0 Å². The van der Waals surface area contributed by atoms with Gasteiger partial charge in [-0.15, -0.1) is 0 Å². The number of hydrogen-bond donors (Lipinski definition) is 2. The molecule has 6 heteroatoms. The van der Waals surface area contributed by atoms with Gasteiger partial charge in [-0.25, -0.2) is 4.79 Å². The van der Waals surface area contributed by atoms with Crippen LogP contribution >= 0.6 is 0 Å². The highest BCUT2D eigenvalue weighted by atomic mass is 16.5. The summed E-state index contributed by atoms with van der Waals surface area (Å²) in [6.45, 7) is 4.58. The van der Waals surface area contributed by atoms with Crippen molar-refractivity contribution in [2.24, 2.45) is 0 Å². The number of morpholine rings is 1. The molecule has 1 unspecified atom stereocenters. The first-order valence-electron chi connectivity index (χ1n) is 5.85. The summed E-state index contributed by atoms with van der Waals surface area (Å²) in [5, 5.41) is 3.20. The molecule has 17 heavy (non-hydrogen) atoms. The van der Waals surface area contributed by atoms with Crippen molar-refractivity contribution in [3.8, 4) is 0 Å². The molecule has 1 atom stereocenters. The Hall–Kier alpha value is -1.40. The van der Waals surface area contributed by atoms with Crippen LogP contribution in [0.5, 0.6) is 0 Å². The molecule has 1 aliphatic rings. The Labute approximate surface area is 98.6 Å². The van der Waals surface area contributed by atoms with Crippen molar-refractivity contribution in [3.63, 3.8) is 0 Å². The standard InChI is InChI=1S/C11H17N3O3/c1-2-8-6-14(11(16)13-10(8)15)7-9-5-12-3-4-17-9/h6,9,12H,2-5,7H2,1H3,(H,13,15,16). The van der Waals surface area contributed by atoms with Crippen LogP contribution < -0.4 is 16.6 Å². The zero-order valence-electron chi connectivity index (χ0n) is 9.86. The average Bonchev–Trinajstić information content (AvgIpc) is 2.34. The van der Waals surface area contributed by atoms with Crippen molar-refractivity contribution in [1.29, 1.82) is 0 Å². The fourth-order valence-corrected chi connectivity index (χ4v) is 1.90. The molecule has 1 saturated heterocycles. The van der Waals surface area contributed by atoms with E-state index in [1.165, 1.54) is 4.57 Å². The van der Waals surface area contributed by atoms with Crippen LogP contribution in [0.15, 0.2) is 15.8 Å². The third-order valence-corrected chi connectivity index (χ3v) is 2.87. The smallest absolute Gasteiger partial charge is 0.328 e. The van der Waals surface area contributed by atoms with Gasteiger partial charge in [0.15, 0.2) is 0 Å². The van der Waals surface area contributed by atoms with E-state index in [1.54, 1.807) is 6.20 Å². The van der Waals surface area contributed by atoms with E-state index in [9.17, 15) is 9.59 Å². The molecule has 2 N–H and O–H groups in total. The summed E-state index contributed by atoms with van der Waals surface area (Å²) in [7, 11) is 0. The predicted octanol–water partition coefficient (Wildman–Crippen LogP) is -0.913. The van der Waals surface area contributed by atoms with Crippen LogP contribution in [0.2, 0.25) is 0 Å². The van der Waals surface area contributed by atoms with Gasteiger partial charge in [-0.2, -0.15) is 0 Å². The molecule has 1 fully saturated rings. The molecule has 0 aliphatic carbocycles. The lowest BCUT2D eigenvalue weighted by Crippen LogP contribution is -2.43. The summed E-state index contributed by atoms with van der Waals surface area (Å²) >= 11 is 0. The van der Waals surface area contributed by atoms with Crippen molar-refractivity contribution in [3.05, 3.63) is 32.6 Å². The first-order valence-corrected chi connectivity index (χ1v) is 5.85. The Bertz CT molecular complexity index is 485. The summed E-state index contributed by atoms with van der Waals surface area (Å²) in [5.74, 6) is 0. The largest absolute Gasteiger partial charge is 0.374 e. The summed E-state index contributed by atoms with van der Waals surface area (Å²) in [4.78, 5) is 25.3. The van der Waals surface area contributed by atoms with Crippen LogP contribution in [0.1, 0.15) is 12.5 Å². The van der Waals surface area contributed by atoms with E-state index in [4.69, 9.17) is 4.74 Å². The molecule has 2 rings (SSSR count). The highest BCUT2D eigenvalue weighted by molar-refractivity contribution is 5.04. The van der Waals surface area contributed by atoms with Gasteiger partial charge < -0.3 is 10.1 Å². The van der Waals surface area contributed by atoms with Crippen LogP contribution in [-0.2, 0) is 17.7 Å². The summed E-state index contributed by atoms with van der Waals surface area (Å²) < 4.78 is 7.04. The van der Waals surface area contributed by atoms with E-state index in [0.29, 0.717) is 25.1 Å². The summed E-state index contributed by atoms with van der Waals surface area (Å²) in [5.41, 5.74) is -0.0498. The van der Waals surface area contributed by atoms with Crippen molar-refractivity contribution in [2.45, 2.75) is 26.0 Å². The Morgan fingerprint density at radius 2 is 2.35 bits per heavy atom. The lowest BCUT2D eigenvalue weighted by molar-refractivity contribution is 0.0173. The summed E-state index contributed by atoms with van der Waals surface area (Å²) in [6.07, 6.45) is 2.22. The van der Waals surface area contributed by atoms with E-state index >= 15 is 0 Å². The molecule has 0 saturated carbocycles. The number of rotatable bonds is 3. The van der Waals surface area contributed by atoms with Gasteiger partial charge in [0, 0.05) is 24.8 Å². The molecular weight excluding hydrogens is 222 g/mol. The van der Waals surface area contributed by atoms with Gasteiger partial charge in [-0.3, -0.25) is 14.3 Å². The monoisotopic (exact) mass is 239 g/mol. The molecule has 0 radical (unpaired) electrons. The van der Waals surface area contributed by atoms with E-state index in [0.717, 1.165) is 13.1 Å². The number of H-pyrrole nitrogens is 1. The van der Waals surface area contributed by atoms with E-state index in [1.807, 2.05) is 6.92 Å². The fraction of sp³-hybridized carbons (Fsp3) is 0.636. The minimum absolute atomic E-state index is 0.0166. The summed E-state index contributed by atoms with van der Waals surface area (Å²) in [6, 6.07) is 0. The van der Waals surface area contributed by atoms with Gasteiger partial charge in [0.25, 0.3) is 5.56 Å².